The second kappa shape index (κ2) is 12.0. The predicted octanol–water partition coefficient (Wildman–Crippen LogP) is 11.7. The first kappa shape index (κ1) is 29.2. The van der Waals surface area contributed by atoms with Gasteiger partial charge in [0.15, 0.2) is 6.17 Å². The van der Waals surface area contributed by atoms with Crippen molar-refractivity contribution in [1.29, 1.82) is 0 Å². The molecule has 0 radical (unpaired) electrons. The molecule has 4 nitrogen and oxygen atoms in total. The van der Waals surface area contributed by atoms with Gasteiger partial charge in [0.25, 0.3) is 0 Å². The van der Waals surface area contributed by atoms with Crippen molar-refractivity contribution in [3.8, 4) is 22.3 Å². The van der Waals surface area contributed by atoms with Crippen LogP contribution in [0, 0.1) is 0 Å². The van der Waals surface area contributed by atoms with Gasteiger partial charge >= 0.3 is 0 Å². The van der Waals surface area contributed by atoms with Gasteiger partial charge in [0.05, 0.1) is 0 Å². The number of aliphatic imine (C=N–C) groups is 2. The molecule has 0 fully saturated rings. The maximum atomic E-state index is 6.73. The summed E-state index contributed by atoms with van der Waals surface area (Å²) in [7, 11) is 0. The van der Waals surface area contributed by atoms with Crippen LogP contribution in [0.2, 0.25) is 0 Å². The third-order valence-electron chi connectivity index (χ3n) is 9.94. The van der Waals surface area contributed by atoms with E-state index in [4.69, 9.17) is 14.4 Å². The first-order chi connectivity index (χ1) is 25.3. The summed E-state index contributed by atoms with van der Waals surface area (Å²) in [6, 6.07) is 61.6. The van der Waals surface area contributed by atoms with Crippen LogP contribution >= 0.6 is 0 Å². The molecule has 1 aliphatic rings. The second-order valence-electron chi connectivity index (χ2n) is 13.0. The molecule has 0 saturated carbocycles. The lowest BCUT2D eigenvalue weighted by Crippen LogP contribution is -2.36. The number of nitrogens with one attached hydrogen (secondary N) is 1. The Bertz CT molecular complexity index is 2820. The third kappa shape index (κ3) is 5.08. The van der Waals surface area contributed by atoms with E-state index in [9.17, 15) is 0 Å². The van der Waals surface area contributed by atoms with Crippen molar-refractivity contribution in [2.24, 2.45) is 9.98 Å². The molecule has 1 N–H and O–H groups in total. The molecule has 10 rings (SSSR count). The van der Waals surface area contributed by atoms with E-state index < -0.39 is 6.17 Å². The number of nitrogens with zero attached hydrogens (tertiary/aromatic N) is 2. The molecule has 0 saturated heterocycles. The zero-order valence-corrected chi connectivity index (χ0v) is 27.6. The van der Waals surface area contributed by atoms with E-state index in [1.807, 2.05) is 36.4 Å². The average molecular weight is 654 g/mol. The number of furan rings is 1. The summed E-state index contributed by atoms with van der Waals surface area (Å²) in [6.45, 7) is 0. The van der Waals surface area contributed by atoms with Crippen LogP contribution in [0.4, 0.5) is 0 Å². The Morgan fingerprint density at radius 3 is 1.78 bits per heavy atom. The summed E-state index contributed by atoms with van der Waals surface area (Å²) < 4.78 is 6.73. The standard InChI is InChI=1S/C47H31N3O/c1-3-11-30(12-4-1)31-21-26-35(27-22-31)46-48-45(34-14-5-2-6-15-34)49-47(50-46)40-19-10-20-42-43(40)39-18-9-17-38(44(39)51-42)36-28-25-33-24-23-32-13-7-8-16-37(32)41(33)29-36/h1-29,47H,(H,48,49,50). The summed E-state index contributed by atoms with van der Waals surface area (Å²) in [6.07, 6.45) is -0.481. The Balaban J connectivity index is 1.12. The van der Waals surface area contributed by atoms with Crippen LogP contribution in [0.15, 0.2) is 190 Å². The molecule has 0 bridgehead atoms. The zero-order valence-electron chi connectivity index (χ0n) is 27.6. The van der Waals surface area contributed by atoms with Gasteiger partial charge in [-0.15, -0.1) is 0 Å². The molecule has 8 aromatic carbocycles. The van der Waals surface area contributed by atoms with Gasteiger partial charge in [-0.1, -0.05) is 164 Å². The van der Waals surface area contributed by atoms with Gasteiger partial charge in [0.1, 0.15) is 22.8 Å². The molecule has 9 aromatic rings. The second-order valence-corrected chi connectivity index (χ2v) is 13.0. The largest absolute Gasteiger partial charge is 0.455 e. The normalized spacial score (nSPS) is 14.5. The molecule has 1 aromatic heterocycles. The first-order valence-electron chi connectivity index (χ1n) is 17.3. The summed E-state index contributed by atoms with van der Waals surface area (Å²) in [5.74, 6) is 1.56. The van der Waals surface area contributed by atoms with E-state index in [2.05, 4.69) is 145 Å². The maximum absolute atomic E-state index is 6.73. The summed E-state index contributed by atoms with van der Waals surface area (Å²) in [5.41, 5.74) is 9.21. The highest BCUT2D eigenvalue weighted by atomic mass is 16.3. The molecule has 1 aliphatic heterocycles. The molecule has 0 amide bonds. The molecule has 1 unspecified atom stereocenters. The van der Waals surface area contributed by atoms with Crippen molar-refractivity contribution in [3.63, 3.8) is 0 Å². The number of fused-ring (bicyclic) bond motifs is 6. The van der Waals surface area contributed by atoms with Crippen LogP contribution in [0.25, 0.3) is 65.7 Å². The molecule has 1 atom stereocenters. The Kier molecular flexibility index (Phi) is 6.85. The molecular weight excluding hydrogens is 623 g/mol. The van der Waals surface area contributed by atoms with E-state index in [0.29, 0.717) is 0 Å². The third-order valence-corrected chi connectivity index (χ3v) is 9.94. The van der Waals surface area contributed by atoms with Crippen LogP contribution in [-0.4, -0.2) is 11.7 Å². The number of rotatable bonds is 5. The molecule has 4 heteroatoms. The monoisotopic (exact) mass is 653 g/mol. The molecule has 2 heterocycles. The van der Waals surface area contributed by atoms with Crippen molar-refractivity contribution in [2.45, 2.75) is 6.17 Å². The topological polar surface area (TPSA) is 49.9 Å². The van der Waals surface area contributed by atoms with Crippen molar-refractivity contribution in [1.82, 2.24) is 5.32 Å². The van der Waals surface area contributed by atoms with Gasteiger partial charge in [0.2, 0.25) is 0 Å². The Morgan fingerprint density at radius 2 is 1.00 bits per heavy atom. The number of hydrogen-bond donors (Lipinski definition) is 1. The summed E-state index contributed by atoms with van der Waals surface area (Å²) in [5, 5.41) is 10.6. The van der Waals surface area contributed by atoms with E-state index in [0.717, 1.165) is 67.0 Å². The van der Waals surface area contributed by atoms with E-state index in [1.165, 1.54) is 27.1 Å². The predicted molar refractivity (Wildman–Crippen MR) is 211 cm³/mol. The van der Waals surface area contributed by atoms with Crippen molar-refractivity contribution in [3.05, 3.63) is 193 Å². The highest BCUT2D eigenvalue weighted by Crippen LogP contribution is 2.41. The average Bonchev–Trinajstić information content (AvgIpc) is 3.60. The van der Waals surface area contributed by atoms with Gasteiger partial charge in [0, 0.05) is 33.0 Å². The number of para-hydroxylation sites is 1. The lowest BCUT2D eigenvalue weighted by Gasteiger charge is -2.23. The quantitative estimate of drug-likeness (QED) is 0.188. The number of hydrogen-bond acceptors (Lipinski definition) is 4. The molecule has 51 heavy (non-hydrogen) atoms. The summed E-state index contributed by atoms with van der Waals surface area (Å²) >= 11 is 0. The number of amidine groups is 2. The van der Waals surface area contributed by atoms with Crippen LogP contribution in [0.3, 0.4) is 0 Å². The van der Waals surface area contributed by atoms with Gasteiger partial charge < -0.3 is 9.73 Å². The SMILES string of the molecule is c1ccc(C2=NC(c3cccc4oc5c(-c6ccc7ccc8ccccc8c7c6)cccc5c34)N=C(c3ccc(-c4ccccc4)cc3)N2)cc1. The maximum Gasteiger partial charge on any atom is 0.170 e. The van der Waals surface area contributed by atoms with Crippen LogP contribution < -0.4 is 5.32 Å². The molecule has 0 spiro atoms. The van der Waals surface area contributed by atoms with E-state index in [-0.39, 0.29) is 0 Å². The first-order valence-corrected chi connectivity index (χ1v) is 17.3. The fourth-order valence-corrected chi connectivity index (χ4v) is 7.42. The summed E-state index contributed by atoms with van der Waals surface area (Å²) in [4.78, 5) is 10.5. The Labute approximate surface area is 295 Å². The smallest absolute Gasteiger partial charge is 0.170 e. The minimum absolute atomic E-state index is 0.481. The lowest BCUT2D eigenvalue weighted by molar-refractivity contribution is 0.668. The minimum atomic E-state index is -0.481. The minimum Gasteiger partial charge on any atom is -0.455 e. The fourth-order valence-electron chi connectivity index (χ4n) is 7.42. The van der Waals surface area contributed by atoms with Gasteiger partial charge in [-0.25, -0.2) is 9.98 Å². The molecular formula is C47H31N3O. The number of benzene rings is 8. The van der Waals surface area contributed by atoms with Crippen LogP contribution in [-0.2, 0) is 0 Å². The van der Waals surface area contributed by atoms with Gasteiger partial charge in [-0.2, -0.15) is 0 Å². The van der Waals surface area contributed by atoms with E-state index in [1.54, 1.807) is 0 Å². The van der Waals surface area contributed by atoms with Crippen molar-refractivity contribution < 1.29 is 4.42 Å². The van der Waals surface area contributed by atoms with Crippen LogP contribution in [0.1, 0.15) is 22.9 Å². The van der Waals surface area contributed by atoms with Crippen molar-refractivity contribution >= 4 is 55.2 Å². The highest BCUT2D eigenvalue weighted by Gasteiger charge is 2.25. The van der Waals surface area contributed by atoms with Crippen LogP contribution in [0.5, 0.6) is 0 Å². The lowest BCUT2D eigenvalue weighted by atomic mass is 9.95. The molecule has 240 valence electrons. The van der Waals surface area contributed by atoms with Gasteiger partial charge in [-0.05, 0) is 50.4 Å². The Hall–Kier alpha value is -6.78. The van der Waals surface area contributed by atoms with E-state index >= 15 is 0 Å². The zero-order chi connectivity index (χ0) is 33.7. The van der Waals surface area contributed by atoms with Gasteiger partial charge in [-0.3, -0.25) is 0 Å². The van der Waals surface area contributed by atoms with Crippen molar-refractivity contribution in [2.75, 3.05) is 0 Å². The Morgan fingerprint density at radius 1 is 0.431 bits per heavy atom. The fraction of sp³-hybridized carbons (Fsp3) is 0.0213. The molecule has 0 aliphatic carbocycles. The highest BCUT2D eigenvalue weighted by molar-refractivity contribution is 6.17.